The molecular formula is C49H27N3O2. The third-order valence-electron chi connectivity index (χ3n) is 11.2. The van der Waals surface area contributed by atoms with Gasteiger partial charge in [0, 0.05) is 54.2 Å². The van der Waals surface area contributed by atoms with Gasteiger partial charge in [0.05, 0.1) is 39.0 Å². The molecule has 0 unspecified atom stereocenters. The smallest absolute Gasteiger partial charge is 0.160 e. The molecule has 250 valence electrons. The first-order valence-electron chi connectivity index (χ1n) is 18.1. The maximum atomic E-state index is 11.2. The van der Waals surface area contributed by atoms with E-state index >= 15 is 0 Å². The molecule has 0 aliphatic rings. The van der Waals surface area contributed by atoms with Crippen LogP contribution in [0.15, 0.2) is 173 Å². The van der Waals surface area contributed by atoms with Crippen LogP contribution in [0.5, 0.6) is 0 Å². The average molecular weight is 690 g/mol. The molecule has 0 aliphatic heterocycles. The zero-order chi connectivity index (χ0) is 35.5. The quantitative estimate of drug-likeness (QED) is 0.185. The maximum absolute atomic E-state index is 11.2. The van der Waals surface area contributed by atoms with Gasteiger partial charge in [0.25, 0.3) is 0 Å². The molecule has 0 radical (unpaired) electrons. The highest BCUT2D eigenvalue weighted by Crippen LogP contribution is 2.45. The fourth-order valence-corrected chi connectivity index (χ4v) is 8.98. The monoisotopic (exact) mass is 689 g/mol. The second-order valence-corrected chi connectivity index (χ2v) is 13.9. The fourth-order valence-electron chi connectivity index (χ4n) is 8.98. The highest BCUT2D eigenvalue weighted by Gasteiger charge is 2.24. The minimum Gasteiger partial charge on any atom is -0.456 e. The van der Waals surface area contributed by atoms with Crippen molar-refractivity contribution in [3.05, 3.63) is 169 Å². The molecular weight excluding hydrogens is 663 g/mol. The number of nitriles is 1. The SMILES string of the molecule is N#Cc1c(-c2ccccc2-n2c3ccccc3c3c4c(ccc32)oc2ccccc24)cccc1-n1c2ccccc2c2ccc3c4ccccc4oc3c21. The molecule has 12 rings (SSSR count). The van der Waals surface area contributed by atoms with Crippen molar-refractivity contribution in [3.8, 4) is 28.6 Å². The Kier molecular flexibility index (Phi) is 5.78. The van der Waals surface area contributed by atoms with Crippen molar-refractivity contribution in [1.29, 1.82) is 5.26 Å². The Labute approximate surface area is 307 Å². The van der Waals surface area contributed by atoms with E-state index in [1.165, 1.54) is 0 Å². The predicted molar refractivity (Wildman–Crippen MR) is 220 cm³/mol. The van der Waals surface area contributed by atoms with Gasteiger partial charge in [0.15, 0.2) is 5.58 Å². The van der Waals surface area contributed by atoms with Crippen LogP contribution in [-0.4, -0.2) is 9.13 Å². The molecule has 5 nitrogen and oxygen atoms in total. The van der Waals surface area contributed by atoms with E-state index in [9.17, 15) is 5.26 Å². The van der Waals surface area contributed by atoms with Crippen molar-refractivity contribution in [2.45, 2.75) is 0 Å². The highest BCUT2D eigenvalue weighted by atomic mass is 16.3. The Balaban J connectivity index is 1.17. The van der Waals surface area contributed by atoms with Gasteiger partial charge in [-0.15, -0.1) is 0 Å². The summed E-state index contributed by atoms with van der Waals surface area (Å²) in [6.07, 6.45) is 0. The van der Waals surface area contributed by atoms with Crippen molar-refractivity contribution in [1.82, 2.24) is 9.13 Å². The van der Waals surface area contributed by atoms with Crippen LogP contribution in [0.3, 0.4) is 0 Å². The lowest BCUT2D eigenvalue weighted by molar-refractivity contribution is 0.669. The first-order chi connectivity index (χ1) is 26.8. The molecule has 0 N–H and O–H groups in total. The molecule has 54 heavy (non-hydrogen) atoms. The lowest BCUT2D eigenvalue weighted by Crippen LogP contribution is -2.02. The molecule has 0 fully saturated rings. The van der Waals surface area contributed by atoms with E-state index in [2.05, 4.69) is 149 Å². The third kappa shape index (κ3) is 3.76. The molecule has 4 aromatic heterocycles. The summed E-state index contributed by atoms with van der Waals surface area (Å²) < 4.78 is 17.5. The van der Waals surface area contributed by atoms with Crippen LogP contribution in [0.25, 0.3) is 110 Å². The largest absolute Gasteiger partial charge is 0.456 e. The Morgan fingerprint density at radius 1 is 0.389 bits per heavy atom. The number of para-hydroxylation sites is 5. The van der Waals surface area contributed by atoms with Gasteiger partial charge in [-0.05, 0) is 54.6 Å². The van der Waals surface area contributed by atoms with E-state index in [4.69, 9.17) is 8.83 Å². The van der Waals surface area contributed by atoms with Crippen LogP contribution in [0, 0.1) is 11.3 Å². The summed E-state index contributed by atoms with van der Waals surface area (Å²) >= 11 is 0. The molecule has 12 aromatic rings. The molecule has 0 atom stereocenters. The van der Waals surface area contributed by atoms with E-state index in [1.807, 2.05) is 30.3 Å². The Hall–Kier alpha value is -7.55. The van der Waals surface area contributed by atoms with Gasteiger partial charge in [-0.1, -0.05) is 109 Å². The van der Waals surface area contributed by atoms with E-state index in [-0.39, 0.29) is 0 Å². The van der Waals surface area contributed by atoms with Crippen LogP contribution < -0.4 is 0 Å². The molecule has 8 aromatic carbocycles. The second-order valence-electron chi connectivity index (χ2n) is 13.9. The normalized spacial score (nSPS) is 12.1. The van der Waals surface area contributed by atoms with Gasteiger partial charge in [-0.25, -0.2) is 0 Å². The summed E-state index contributed by atoms with van der Waals surface area (Å²) in [6.45, 7) is 0. The molecule has 0 amide bonds. The third-order valence-corrected chi connectivity index (χ3v) is 11.2. The fraction of sp³-hybridized carbons (Fsp3) is 0. The zero-order valence-electron chi connectivity index (χ0n) is 28.7. The topological polar surface area (TPSA) is 59.9 Å². The minimum absolute atomic E-state index is 0.588. The number of hydrogen-bond acceptors (Lipinski definition) is 3. The van der Waals surface area contributed by atoms with Crippen LogP contribution in [0.2, 0.25) is 0 Å². The Morgan fingerprint density at radius 2 is 1.02 bits per heavy atom. The summed E-state index contributed by atoms with van der Waals surface area (Å²) in [5.74, 6) is 0. The Bertz CT molecular complexity index is 3590. The van der Waals surface area contributed by atoms with Gasteiger partial charge in [0.1, 0.15) is 22.8 Å². The number of nitrogens with zero attached hydrogens (tertiary/aromatic N) is 3. The maximum Gasteiger partial charge on any atom is 0.160 e. The summed E-state index contributed by atoms with van der Waals surface area (Å²) in [5.41, 5.74) is 11.7. The van der Waals surface area contributed by atoms with E-state index in [0.717, 1.165) is 110 Å². The van der Waals surface area contributed by atoms with E-state index in [1.54, 1.807) is 0 Å². The second kappa shape index (κ2) is 10.7. The van der Waals surface area contributed by atoms with Crippen LogP contribution in [-0.2, 0) is 0 Å². The van der Waals surface area contributed by atoms with Crippen molar-refractivity contribution in [2.75, 3.05) is 0 Å². The molecule has 5 heteroatoms. The minimum atomic E-state index is 0.588. The molecule has 4 heterocycles. The number of benzene rings is 8. The zero-order valence-corrected chi connectivity index (χ0v) is 28.7. The number of rotatable bonds is 3. The number of hydrogen-bond donors (Lipinski definition) is 0. The predicted octanol–water partition coefficient (Wildman–Crippen LogP) is 13.2. The van der Waals surface area contributed by atoms with Crippen molar-refractivity contribution < 1.29 is 8.83 Å². The molecule has 0 saturated carbocycles. The standard InChI is InChI=1S/C49H27N3O2/c50-28-37-29(17-11-21-41(37)52-39-19-7-2-13-31(39)33-24-25-34-32-14-4-9-22-43(32)54-49(34)48(33)52)30-12-1-6-18-38(30)51-40-20-8-3-15-35(40)46-42(51)26-27-45-47(46)36-16-5-10-23-44(36)53-45/h1-27H. The lowest BCUT2D eigenvalue weighted by atomic mass is 9.96. The van der Waals surface area contributed by atoms with Crippen LogP contribution in [0.1, 0.15) is 5.56 Å². The summed E-state index contributed by atoms with van der Waals surface area (Å²) in [7, 11) is 0. The Morgan fingerprint density at radius 3 is 1.85 bits per heavy atom. The van der Waals surface area contributed by atoms with Crippen LogP contribution >= 0.6 is 0 Å². The number of aromatic nitrogens is 2. The van der Waals surface area contributed by atoms with Gasteiger partial charge in [-0.2, -0.15) is 5.26 Å². The lowest BCUT2D eigenvalue weighted by Gasteiger charge is -2.17. The summed E-state index contributed by atoms with van der Waals surface area (Å²) in [4.78, 5) is 0. The number of fused-ring (bicyclic) bond motifs is 14. The average Bonchev–Trinajstić information content (AvgIpc) is 3.98. The van der Waals surface area contributed by atoms with Gasteiger partial charge in [0.2, 0.25) is 0 Å². The highest BCUT2D eigenvalue weighted by molar-refractivity contribution is 6.27. The van der Waals surface area contributed by atoms with Crippen molar-refractivity contribution in [3.63, 3.8) is 0 Å². The van der Waals surface area contributed by atoms with Crippen LogP contribution in [0.4, 0.5) is 0 Å². The molecule has 0 spiro atoms. The summed E-state index contributed by atoms with van der Waals surface area (Å²) in [6, 6.07) is 59.2. The van der Waals surface area contributed by atoms with Gasteiger partial charge in [-0.3, -0.25) is 0 Å². The molecule has 0 bridgehead atoms. The van der Waals surface area contributed by atoms with Gasteiger partial charge >= 0.3 is 0 Å². The van der Waals surface area contributed by atoms with Gasteiger partial charge < -0.3 is 18.0 Å². The van der Waals surface area contributed by atoms with E-state index < -0.39 is 0 Å². The van der Waals surface area contributed by atoms with Crippen molar-refractivity contribution in [2.24, 2.45) is 0 Å². The number of furan rings is 2. The molecule has 0 aliphatic carbocycles. The summed E-state index contributed by atoms with van der Waals surface area (Å²) in [5, 5.41) is 20.0. The molecule has 0 saturated heterocycles. The van der Waals surface area contributed by atoms with Crippen molar-refractivity contribution >= 4 is 87.5 Å². The first-order valence-corrected chi connectivity index (χ1v) is 18.1. The first kappa shape index (κ1) is 29.1. The van der Waals surface area contributed by atoms with E-state index in [0.29, 0.717) is 5.56 Å².